The Balaban J connectivity index is 1.56. The predicted molar refractivity (Wildman–Crippen MR) is 96.2 cm³/mol. The van der Waals surface area contributed by atoms with Gasteiger partial charge in [0, 0.05) is 13.1 Å². The number of carbonyl (C=O) groups excluding carboxylic acids is 1. The first kappa shape index (κ1) is 18.4. The third kappa shape index (κ3) is 4.21. The molecule has 0 N–H and O–H groups in total. The molecule has 138 valence electrons. The van der Waals surface area contributed by atoms with Crippen molar-refractivity contribution in [2.75, 3.05) is 20.2 Å². The monoisotopic (exact) mass is 359 g/mol. The van der Waals surface area contributed by atoms with Crippen LogP contribution in [-0.2, 0) is 17.6 Å². The van der Waals surface area contributed by atoms with E-state index in [1.54, 1.807) is 19.1 Å². The van der Waals surface area contributed by atoms with Gasteiger partial charge in [-0.1, -0.05) is 18.2 Å². The average molecular weight is 359 g/mol. The topological polar surface area (TPSA) is 29.5 Å². The number of hydrogen-bond donors (Lipinski definition) is 0. The summed E-state index contributed by atoms with van der Waals surface area (Å²) < 4.78 is 32.0. The second kappa shape index (κ2) is 7.85. The summed E-state index contributed by atoms with van der Waals surface area (Å²) in [5.74, 6) is -0.0896. The standard InChI is InChI=1S/C21H23F2NO2/c1-14-9-15(3-5-18(14)22)10-17-7-8-24(13-17)21(25)12-16-4-6-20(26-2)19(23)11-16/h3-6,9,11,17H,7-8,10,12-13H2,1-2H3. The molecule has 0 aliphatic carbocycles. The zero-order valence-corrected chi connectivity index (χ0v) is 15.1. The molecule has 1 atom stereocenters. The summed E-state index contributed by atoms with van der Waals surface area (Å²) in [5, 5.41) is 0. The van der Waals surface area contributed by atoms with Crippen LogP contribution in [0.1, 0.15) is 23.1 Å². The minimum absolute atomic E-state index is 0.00681. The SMILES string of the molecule is COc1ccc(CC(=O)N2CCC(Cc3ccc(F)c(C)c3)C2)cc1F. The van der Waals surface area contributed by atoms with Crippen LogP contribution in [-0.4, -0.2) is 31.0 Å². The van der Waals surface area contributed by atoms with Gasteiger partial charge in [0.15, 0.2) is 11.6 Å². The highest BCUT2D eigenvalue weighted by molar-refractivity contribution is 5.79. The van der Waals surface area contributed by atoms with Crippen molar-refractivity contribution < 1.29 is 18.3 Å². The van der Waals surface area contributed by atoms with Gasteiger partial charge in [0.2, 0.25) is 5.91 Å². The molecular formula is C21H23F2NO2. The van der Waals surface area contributed by atoms with E-state index in [9.17, 15) is 13.6 Å². The summed E-state index contributed by atoms with van der Waals surface area (Å²) in [6, 6.07) is 9.80. The highest BCUT2D eigenvalue weighted by atomic mass is 19.1. The maximum Gasteiger partial charge on any atom is 0.227 e. The van der Waals surface area contributed by atoms with Gasteiger partial charge in [-0.2, -0.15) is 0 Å². The third-order valence-electron chi connectivity index (χ3n) is 4.96. The molecule has 0 spiro atoms. The molecule has 3 rings (SSSR count). The van der Waals surface area contributed by atoms with E-state index in [2.05, 4.69) is 0 Å². The molecule has 26 heavy (non-hydrogen) atoms. The van der Waals surface area contributed by atoms with E-state index in [0.717, 1.165) is 18.4 Å². The van der Waals surface area contributed by atoms with Crippen molar-refractivity contribution in [3.63, 3.8) is 0 Å². The van der Waals surface area contributed by atoms with E-state index >= 15 is 0 Å². The zero-order chi connectivity index (χ0) is 18.7. The number of benzene rings is 2. The lowest BCUT2D eigenvalue weighted by Gasteiger charge is -2.17. The second-order valence-corrected chi connectivity index (χ2v) is 6.93. The third-order valence-corrected chi connectivity index (χ3v) is 4.96. The fourth-order valence-corrected chi connectivity index (χ4v) is 3.50. The Labute approximate surface area is 152 Å². The van der Waals surface area contributed by atoms with Crippen molar-refractivity contribution in [3.05, 3.63) is 64.7 Å². The lowest BCUT2D eigenvalue weighted by Crippen LogP contribution is -2.30. The van der Waals surface area contributed by atoms with E-state index < -0.39 is 5.82 Å². The average Bonchev–Trinajstić information content (AvgIpc) is 3.07. The number of aryl methyl sites for hydroxylation is 1. The molecule has 1 heterocycles. The summed E-state index contributed by atoms with van der Waals surface area (Å²) in [5.41, 5.74) is 2.39. The van der Waals surface area contributed by atoms with Crippen molar-refractivity contribution >= 4 is 5.91 Å². The molecule has 1 amide bonds. The van der Waals surface area contributed by atoms with Crippen molar-refractivity contribution in [2.24, 2.45) is 5.92 Å². The van der Waals surface area contributed by atoms with Gasteiger partial charge in [-0.15, -0.1) is 0 Å². The van der Waals surface area contributed by atoms with Crippen LogP contribution < -0.4 is 4.74 Å². The van der Waals surface area contributed by atoms with Crippen LogP contribution in [0.15, 0.2) is 36.4 Å². The van der Waals surface area contributed by atoms with Crippen molar-refractivity contribution in [1.29, 1.82) is 0 Å². The molecule has 0 saturated carbocycles. The Morgan fingerprint density at radius 3 is 2.62 bits per heavy atom. The van der Waals surface area contributed by atoms with E-state index in [0.29, 0.717) is 30.1 Å². The fraction of sp³-hybridized carbons (Fsp3) is 0.381. The highest BCUT2D eigenvalue weighted by Gasteiger charge is 2.26. The minimum Gasteiger partial charge on any atom is -0.494 e. The van der Waals surface area contributed by atoms with E-state index in [-0.39, 0.29) is 23.9 Å². The van der Waals surface area contributed by atoms with Crippen molar-refractivity contribution in [3.8, 4) is 5.75 Å². The molecule has 2 aromatic carbocycles. The fourth-order valence-electron chi connectivity index (χ4n) is 3.50. The zero-order valence-electron chi connectivity index (χ0n) is 15.1. The number of halogens is 2. The van der Waals surface area contributed by atoms with Crippen molar-refractivity contribution in [1.82, 2.24) is 4.90 Å². The van der Waals surface area contributed by atoms with Gasteiger partial charge in [0.05, 0.1) is 13.5 Å². The Hall–Kier alpha value is -2.43. The van der Waals surface area contributed by atoms with Gasteiger partial charge < -0.3 is 9.64 Å². The molecule has 1 fully saturated rings. The minimum atomic E-state index is -0.455. The summed E-state index contributed by atoms with van der Waals surface area (Å²) in [6.07, 6.45) is 1.95. The highest BCUT2D eigenvalue weighted by Crippen LogP contribution is 2.23. The number of methoxy groups -OCH3 is 1. The molecule has 2 aromatic rings. The predicted octanol–water partition coefficient (Wildman–Crippen LogP) is 3.92. The number of amides is 1. The second-order valence-electron chi connectivity index (χ2n) is 6.93. The van der Waals surface area contributed by atoms with E-state index in [1.165, 1.54) is 19.2 Å². The molecule has 1 saturated heterocycles. The summed E-state index contributed by atoms with van der Waals surface area (Å²) in [6.45, 7) is 3.16. The van der Waals surface area contributed by atoms with Crippen molar-refractivity contribution in [2.45, 2.75) is 26.2 Å². The number of rotatable bonds is 5. The van der Waals surface area contributed by atoms with Crippen LogP contribution in [0, 0.1) is 24.5 Å². The molecule has 0 radical (unpaired) electrons. The summed E-state index contributed by atoms with van der Waals surface area (Å²) >= 11 is 0. The van der Waals surface area contributed by atoms with Gasteiger partial charge in [-0.3, -0.25) is 4.79 Å². The Morgan fingerprint density at radius 2 is 1.92 bits per heavy atom. The molecular weight excluding hydrogens is 336 g/mol. The largest absolute Gasteiger partial charge is 0.494 e. The maximum absolute atomic E-state index is 13.8. The molecule has 1 aliphatic heterocycles. The first-order chi connectivity index (χ1) is 12.5. The number of ether oxygens (including phenoxy) is 1. The van der Waals surface area contributed by atoms with E-state index in [4.69, 9.17) is 4.74 Å². The summed E-state index contributed by atoms with van der Waals surface area (Å²) in [7, 11) is 1.41. The van der Waals surface area contributed by atoms with Gasteiger partial charge in [-0.25, -0.2) is 8.78 Å². The first-order valence-corrected chi connectivity index (χ1v) is 8.81. The van der Waals surface area contributed by atoms with Crippen LogP contribution in [0.25, 0.3) is 0 Å². The molecule has 3 nitrogen and oxygen atoms in total. The Bertz CT molecular complexity index is 807. The van der Waals surface area contributed by atoms with Crippen LogP contribution in [0.4, 0.5) is 8.78 Å². The Morgan fingerprint density at radius 1 is 1.15 bits per heavy atom. The quantitative estimate of drug-likeness (QED) is 0.810. The molecule has 0 bridgehead atoms. The van der Waals surface area contributed by atoms with Crippen LogP contribution in [0.5, 0.6) is 5.75 Å². The van der Waals surface area contributed by atoms with Crippen LogP contribution in [0.3, 0.4) is 0 Å². The van der Waals surface area contributed by atoms with Gasteiger partial charge in [-0.05, 0) is 60.6 Å². The summed E-state index contributed by atoms with van der Waals surface area (Å²) in [4.78, 5) is 14.3. The number of carbonyl (C=O) groups is 1. The molecule has 5 heteroatoms. The number of hydrogen-bond acceptors (Lipinski definition) is 2. The Kier molecular flexibility index (Phi) is 5.55. The molecule has 1 unspecified atom stereocenters. The van der Waals surface area contributed by atoms with Gasteiger partial charge in [0.1, 0.15) is 5.82 Å². The molecule has 0 aromatic heterocycles. The van der Waals surface area contributed by atoms with E-state index in [1.807, 2.05) is 17.0 Å². The number of nitrogens with zero attached hydrogens (tertiary/aromatic N) is 1. The van der Waals surface area contributed by atoms with Crippen LogP contribution in [0.2, 0.25) is 0 Å². The lowest BCUT2D eigenvalue weighted by molar-refractivity contribution is -0.129. The molecule has 1 aliphatic rings. The maximum atomic E-state index is 13.8. The first-order valence-electron chi connectivity index (χ1n) is 8.81. The van der Waals surface area contributed by atoms with Gasteiger partial charge >= 0.3 is 0 Å². The smallest absolute Gasteiger partial charge is 0.227 e. The lowest BCUT2D eigenvalue weighted by atomic mass is 9.97. The van der Waals surface area contributed by atoms with Crippen LogP contribution >= 0.6 is 0 Å². The normalized spacial score (nSPS) is 16.8. The number of likely N-dealkylation sites (tertiary alicyclic amines) is 1. The van der Waals surface area contributed by atoms with Gasteiger partial charge in [0.25, 0.3) is 0 Å².